The topological polar surface area (TPSA) is 66.8 Å². The third kappa shape index (κ3) is 4.37. The first-order valence-corrected chi connectivity index (χ1v) is 11.7. The lowest BCUT2D eigenvalue weighted by molar-refractivity contribution is 0.0621. The highest BCUT2D eigenvalue weighted by Gasteiger charge is 2.37. The van der Waals surface area contributed by atoms with Gasteiger partial charge in [-0.2, -0.15) is 0 Å². The molecule has 1 aromatic rings. The predicted octanol–water partition coefficient (Wildman–Crippen LogP) is 3.45. The smallest absolute Gasteiger partial charge is 0.261 e. The molecule has 6 heteroatoms. The Bertz CT molecular complexity index is 616. The number of carbonyl (C=O) groups excluding carboxylic acids is 2. The highest BCUT2D eigenvalue weighted by Crippen LogP contribution is 2.36. The highest BCUT2D eigenvalue weighted by atomic mass is 28.4. The van der Waals surface area contributed by atoms with Gasteiger partial charge in [0.15, 0.2) is 8.32 Å². The lowest BCUT2D eigenvalue weighted by atomic mass is 10.1. The van der Waals surface area contributed by atoms with Gasteiger partial charge in [0.25, 0.3) is 11.8 Å². The Morgan fingerprint density at radius 1 is 1.12 bits per heavy atom. The molecular weight excluding hydrogens is 334 g/mol. The van der Waals surface area contributed by atoms with Crippen LogP contribution < -0.4 is 0 Å². The fraction of sp³-hybridized carbons (Fsp3) is 0.579. The molecule has 25 heavy (non-hydrogen) atoms. The van der Waals surface area contributed by atoms with Crippen LogP contribution in [0.1, 0.15) is 54.3 Å². The number of aliphatic hydroxyl groups is 1. The van der Waals surface area contributed by atoms with Crippen molar-refractivity contribution in [2.75, 3.05) is 13.2 Å². The standard InChI is InChI=1S/C19H29NO4Si/c1-19(2,3)25(4,5)24-13-14(21)9-8-12-20-17(22)15-10-6-7-11-16(15)18(20)23/h6-7,10-11,14,21H,8-9,12-13H2,1-5H3. The number of aliphatic hydroxyl groups excluding tert-OH is 1. The van der Waals surface area contributed by atoms with Crippen molar-refractivity contribution < 1.29 is 19.1 Å². The lowest BCUT2D eigenvalue weighted by Crippen LogP contribution is -2.42. The summed E-state index contributed by atoms with van der Waals surface area (Å²) in [5.74, 6) is -0.486. The molecule has 0 fully saturated rings. The van der Waals surface area contributed by atoms with Crippen molar-refractivity contribution in [2.24, 2.45) is 0 Å². The zero-order valence-electron chi connectivity index (χ0n) is 15.8. The molecule has 2 rings (SSSR count). The van der Waals surface area contributed by atoms with Crippen molar-refractivity contribution >= 4 is 20.1 Å². The van der Waals surface area contributed by atoms with Crippen molar-refractivity contribution in [2.45, 2.75) is 57.8 Å². The van der Waals surface area contributed by atoms with Crippen LogP contribution in [0.4, 0.5) is 0 Å². The SMILES string of the molecule is CC(C)(C)[Si](C)(C)OCC(O)CCCN1C(=O)c2ccccc2C1=O. The third-order valence-electron chi connectivity index (χ3n) is 5.24. The summed E-state index contributed by atoms with van der Waals surface area (Å²) < 4.78 is 6.01. The van der Waals surface area contributed by atoms with Gasteiger partial charge in [-0.1, -0.05) is 32.9 Å². The molecule has 0 saturated carbocycles. The van der Waals surface area contributed by atoms with Gasteiger partial charge in [0.05, 0.1) is 23.8 Å². The average Bonchev–Trinajstić information content (AvgIpc) is 2.77. The van der Waals surface area contributed by atoms with Gasteiger partial charge in [-0.3, -0.25) is 14.5 Å². The van der Waals surface area contributed by atoms with E-state index in [9.17, 15) is 14.7 Å². The Hall–Kier alpha value is -1.50. The first-order valence-electron chi connectivity index (χ1n) is 8.82. The first kappa shape index (κ1) is 19.8. The maximum absolute atomic E-state index is 12.3. The molecule has 1 aliphatic heterocycles. The zero-order chi connectivity index (χ0) is 18.8. The summed E-state index contributed by atoms with van der Waals surface area (Å²) in [6.45, 7) is 11.4. The molecule has 1 heterocycles. The molecule has 1 unspecified atom stereocenters. The number of hydrogen-bond donors (Lipinski definition) is 1. The quantitative estimate of drug-likeness (QED) is 0.595. The number of imide groups is 1. The van der Waals surface area contributed by atoms with E-state index in [1.165, 1.54) is 4.90 Å². The van der Waals surface area contributed by atoms with Gasteiger partial charge in [0.1, 0.15) is 0 Å². The number of benzene rings is 1. The van der Waals surface area contributed by atoms with Crippen LogP contribution in [0, 0.1) is 0 Å². The number of amides is 2. The van der Waals surface area contributed by atoms with Crippen molar-refractivity contribution in [3.8, 4) is 0 Å². The Kier molecular flexibility index (Phi) is 5.86. The average molecular weight is 364 g/mol. The molecule has 0 saturated heterocycles. The van der Waals surface area contributed by atoms with Crippen molar-refractivity contribution in [3.63, 3.8) is 0 Å². The van der Waals surface area contributed by atoms with E-state index in [1.807, 2.05) is 0 Å². The van der Waals surface area contributed by atoms with E-state index in [4.69, 9.17) is 4.43 Å². The van der Waals surface area contributed by atoms with E-state index in [0.717, 1.165) is 0 Å². The van der Waals surface area contributed by atoms with Crippen LogP contribution in [0.25, 0.3) is 0 Å². The fourth-order valence-corrected chi connectivity index (χ4v) is 3.57. The second-order valence-corrected chi connectivity index (χ2v) is 13.0. The number of rotatable bonds is 7. The Morgan fingerprint density at radius 2 is 1.64 bits per heavy atom. The van der Waals surface area contributed by atoms with Crippen molar-refractivity contribution in [1.82, 2.24) is 4.90 Å². The Morgan fingerprint density at radius 3 is 2.12 bits per heavy atom. The van der Waals surface area contributed by atoms with E-state index in [1.54, 1.807) is 24.3 Å². The molecule has 5 nitrogen and oxygen atoms in total. The van der Waals surface area contributed by atoms with Crippen LogP contribution in [0.5, 0.6) is 0 Å². The maximum atomic E-state index is 12.3. The molecule has 0 bridgehead atoms. The van der Waals surface area contributed by atoms with Crippen LogP contribution in [-0.2, 0) is 4.43 Å². The minimum Gasteiger partial charge on any atom is -0.414 e. The van der Waals surface area contributed by atoms with Crippen LogP contribution in [0.2, 0.25) is 18.1 Å². The van der Waals surface area contributed by atoms with E-state index in [2.05, 4.69) is 33.9 Å². The number of nitrogens with zero attached hydrogens (tertiary/aromatic N) is 1. The van der Waals surface area contributed by atoms with Gasteiger partial charge < -0.3 is 9.53 Å². The summed E-state index contributed by atoms with van der Waals surface area (Å²) in [5, 5.41) is 10.3. The van der Waals surface area contributed by atoms with Crippen LogP contribution in [-0.4, -0.2) is 49.4 Å². The molecule has 0 spiro atoms. The van der Waals surface area contributed by atoms with Crippen molar-refractivity contribution in [3.05, 3.63) is 35.4 Å². The Balaban J connectivity index is 1.80. The zero-order valence-corrected chi connectivity index (χ0v) is 16.8. The highest BCUT2D eigenvalue weighted by molar-refractivity contribution is 6.74. The molecule has 1 aromatic carbocycles. The van der Waals surface area contributed by atoms with Gasteiger partial charge >= 0.3 is 0 Å². The van der Waals surface area contributed by atoms with Gasteiger partial charge in [0, 0.05) is 6.54 Å². The molecule has 1 aliphatic rings. The van der Waals surface area contributed by atoms with Gasteiger partial charge in [-0.15, -0.1) is 0 Å². The predicted molar refractivity (Wildman–Crippen MR) is 100 cm³/mol. The second kappa shape index (κ2) is 7.39. The third-order valence-corrected chi connectivity index (χ3v) is 9.74. The van der Waals surface area contributed by atoms with Gasteiger partial charge in [-0.25, -0.2) is 0 Å². The molecule has 2 amide bonds. The maximum Gasteiger partial charge on any atom is 0.261 e. The van der Waals surface area contributed by atoms with E-state index in [0.29, 0.717) is 37.1 Å². The second-order valence-electron chi connectivity index (χ2n) is 8.17. The van der Waals surface area contributed by atoms with Gasteiger partial charge in [0.2, 0.25) is 0 Å². The summed E-state index contributed by atoms with van der Waals surface area (Å²) >= 11 is 0. The summed E-state index contributed by atoms with van der Waals surface area (Å²) in [7, 11) is -1.88. The van der Waals surface area contributed by atoms with Crippen LogP contribution in [0.15, 0.2) is 24.3 Å². The normalized spacial score (nSPS) is 16.3. The summed E-state index contributed by atoms with van der Waals surface area (Å²) in [5.41, 5.74) is 0.934. The van der Waals surface area contributed by atoms with Crippen molar-refractivity contribution in [1.29, 1.82) is 0 Å². The van der Waals surface area contributed by atoms with Gasteiger partial charge in [-0.05, 0) is 43.1 Å². The van der Waals surface area contributed by atoms with E-state index >= 15 is 0 Å². The largest absolute Gasteiger partial charge is 0.414 e. The molecule has 1 atom stereocenters. The number of carbonyl (C=O) groups is 2. The molecule has 138 valence electrons. The molecular formula is C19H29NO4Si. The summed E-state index contributed by atoms with van der Waals surface area (Å²) in [6, 6.07) is 6.87. The Labute approximate surface area is 151 Å². The number of hydrogen-bond acceptors (Lipinski definition) is 4. The number of fused-ring (bicyclic) bond motifs is 1. The summed E-state index contributed by atoms with van der Waals surface area (Å²) in [6.07, 6.45) is 0.486. The minimum absolute atomic E-state index is 0.104. The fourth-order valence-electron chi connectivity index (χ4n) is 2.53. The summed E-state index contributed by atoms with van der Waals surface area (Å²) in [4.78, 5) is 25.8. The first-order chi connectivity index (χ1) is 11.5. The molecule has 0 aromatic heterocycles. The molecule has 1 N–H and O–H groups in total. The van der Waals surface area contributed by atoms with E-state index in [-0.39, 0.29) is 16.9 Å². The minimum atomic E-state index is -1.88. The molecule has 0 aliphatic carbocycles. The van der Waals surface area contributed by atoms with E-state index < -0.39 is 14.4 Å². The van der Waals surface area contributed by atoms with Crippen LogP contribution in [0.3, 0.4) is 0 Å². The van der Waals surface area contributed by atoms with Crippen LogP contribution >= 0.6 is 0 Å². The lowest BCUT2D eigenvalue weighted by Gasteiger charge is -2.36. The molecule has 0 radical (unpaired) electrons. The monoisotopic (exact) mass is 363 g/mol.